The summed E-state index contributed by atoms with van der Waals surface area (Å²) in [5.74, 6) is 5.33. The number of thiazole rings is 1. The summed E-state index contributed by atoms with van der Waals surface area (Å²) in [6.07, 6.45) is 0. The fraction of sp³-hybridized carbons (Fsp3) is 0.143. The summed E-state index contributed by atoms with van der Waals surface area (Å²) in [5, 5.41) is 0.497. The van der Waals surface area contributed by atoms with E-state index in [2.05, 4.69) is 16.8 Å². The average Bonchev–Trinajstić information content (AvgIpc) is 2.79. The Balaban J connectivity index is 2.22. The molecule has 0 fully saturated rings. The number of ether oxygens (including phenoxy) is 1. The number of hydrogen-bond donors (Lipinski definition) is 0. The first kappa shape index (κ1) is 13.6. The van der Waals surface area contributed by atoms with Gasteiger partial charge in [0.1, 0.15) is 4.34 Å². The number of aromatic nitrogens is 1. The van der Waals surface area contributed by atoms with E-state index in [1.54, 1.807) is 6.92 Å². The van der Waals surface area contributed by atoms with Crippen LogP contribution in [0, 0.1) is 11.8 Å². The molecule has 0 amide bonds. The maximum Gasteiger partial charge on any atom is 0.359 e. The molecule has 0 spiro atoms. The van der Waals surface area contributed by atoms with E-state index < -0.39 is 5.97 Å². The highest BCUT2D eigenvalue weighted by molar-refractivity contribution is 7.16. The molecule has 1 aromatic heterocycles. The molecule has 0 radical (unpaired) electrons. The molecule has 5 heteroatoms. The summed E-state index contributed by atoms with van der Waals surface area (Å²) in [5.41, 5.74) is 1.01. The van der Waals surface area contributed by atoms with Crippen molar-refractivity contribution in [1.29, 1.82) is 0 Å². The van der Waals surface area contributed by atoms with Gasteiger partial charge in [0.05, 0.1) is 6.61 Å². The second kappa shape index (κ2) is 6.37. The molecule has 0 aliphatic rings. The summed E-state index contributed by atoms with van der Waals surface area (Å²) < 4.78 is 5.16. The summed E-state index contributed by atoms with van der Waals surface area (Å²) >= 11 is 7.11. The van der Waals surface area contributed by atoms with Crippen LogP contribution in [0.4, 0.5) is 0 Å². The van der Waals surface area contributed by atoms with Crippen LogP contribution < -0.4 is 0 Å². The van der Waals surface area contributed by atoms with E-state index in [4.69, 9.17) is 16.3 Å². The molecule has 0 N–H and O–H groups in total. The molecule has 1 heterocycles. The highest BCUT2D eigenvalue weighted by atomic mass is 35.5. The third kappa shape index (κ3) is 3.57. The lowest BCUT2D eigenvalue weighted by molar-refractivity contribution is 0.0520. The Labute approximate surface area is 120 Å². The molecule has 0 aliphatic heterocycles. The lowest BCUT2D eigenvalue weighted by Crippen LogP contribution is -2.05. The smallest absolute Gasteiger partial charge is 0.359 e. The zero-order valence-electron chi connectivity index (χ0n) is 10.1. The molecule has 0 saturated carbocycles. The maximum atomic E-state index is 11.5. The number of halogens is 1. The Morgan fingerprint density at radius 2 is 2.11 bits per heavy atom. The molecule has 0 aliphatic carbocycles. The zero-order valence-corrected chi connectivity index (χ0v) is 11.7. The van der Waals surface area contributed by atoms with Crippen LogP contribution in [0.5, 0.6) is 0 Å². The highest BCUT2D eigenvalue weighted by Gasteiger charge is 2.17. The van der Waals surface area contributed by atoms with Crippen LogP contribution in [0.1, 0.15) is 28.0 Å². The lowest BCUT2D eigenvalue weighted by Gasteiger charge is -1.96. The normalized spacial score (nSPS) is 9.58. The summed E-state index contributed by atoms with van der Waals surface area (Å²) in [6.45, 7) is 2.02. The molecule has 0 bridgehead atoms. The number of nitrogens with zero attached hydrogens (tertiary/aromatic N) is 1. The standard InChI is InChI=1S/C14H10ClNO2S/c1-2-18-14(17)12-13(15)19-11(16-12)9-8-10-6-4-3-5-7-10/h3-7H,2H2,1H3. The van der Waals surface area contributed by atoms with Crippen LogP contribution in [0.3, 0.4) is 0 Å². The monoisotopic (exact) mass is 291 g/mol. The van der Waals surface area contributed by atoms with Crippen molar-refractivity contribution in [1.82, 2.24) is 4.98 Å². The first-order valence-electron chi connectivity index (χ1n) is 5.61. The van der Waals surface area contributed by atoms with E-state index in [1.165, 1.54) is 11.3 Å². The molecular formula is C14H10ClNO2S. The van der Waals surface area contributed by atoms with E-state index in [0.717, 1.165) is 5.56 Å². The molecule has 1 aromatic carbocycles. The van der Waals surface area contributed by atoms with E-state index in [-0.39, 0.29) is 12.3 Å². The Morgan fingerprint density at radius 3 is 2.79 bits per heavy atom. The van der Waals surface area contributed by atoms with Crippen molar-refractivity contribution >= 4 is 28.9 Å². The van der Waals surface area contributed by atoms with Gasteiger partial charge in [-0.2, -0.15) is 0 Å². The number of carbonyl (C=O) groups is 1. The van der Waals surface area contributed by atoms with Crippen molar-refractivity contribution in [2.45, 2.75) is 6.92 Å². The van der Waals surface area contributed by atoms with Crippen LogP contribution in [-0.2, 0) is 4.74 Å². The van der Waals surface area contributed by atoms with Crippen LogP contribution in [0.15, 0.2) is 30.3 Å². The predicted octanol–water partition coefficient (Wildman–Crippen LogP) is 3.37. The molecule has 19 heavy (non-hydrogen) atoms. The third-order valence-corrected chi connectivity index (χ3v) is 3.31. The number of esters is 1. The SMILES string of the molecule is CCOC(=O)c1nc(C#Cc2ccccc2)sc1Cl. The van der Waals surface area contributed by atoms with Crippen LogP contribution >= 0.6 is 22.9 Å². The molecule has 0 saturated heterocycles. The summed E-state index contributed by atoms with van der Waals surface area (Å²) in [4.78, 5) is 15.6. The van der Waals surface area contributed by atoms with Gasteiger partial charge >= 0.3 is 5.97 Å². The predicted molar refractivity (Wildman–Crippen MR) is 75.5 cm³/mol. The van der Waals surface area contributed by atoms with Gasteiger partial charge in [-0.15, -0.1) is 0 Å². The van der Waals surface area contributed by atoms with Gasteiger partial charge in [0.2, 0.25) is 0 Å². The fourth-order valence-corrected chi connectivity index (χ4v) is 2.30. The first-order valence-corrected chi connectivity index (χ1v) is 6.80. The molecule has 0 unspecified atom stereocenters. The minimum Gasteiger partial charge on any atom is -0.461 e. The van der Waals surface area contributed by atoms with Crippen molar-refractivity contribution in [3.63, 3.8) is 0 Å². The van der Waals surface area contributed by atoms with Gasteiger partial charge in [0.15, 0.2) is 10.7 Å². The number of benzene rings is 1. The summed E-state index contributed by atoms with van der Waals surface area (Å²) in [6, 6.07) is 9.53. The van der Waals surface area contributed by atoms with E-state index in [9.17, 15) is 4.79 Å². The quantitative estimate of drug-likeness (QED) is 0.629. The molecular weight excluding hydrogens is 282 g/mol. The number of hydrogen-bond acceptors (Lipinski definition) is 4. The Kier molecular flexibility index (Phi) is 4.56. The Bertz CT molecular complexity index is 640. The molecule has 2 rings (SSSR count). The first-order chi connectivity index (χ1) is 9.20. The lowest BCUT2D eigenvalue weighted by atomic mass is 10.2. The van der Waals surface area contributed by atoms with E-state index >= 15 is 0 Å². The summed E-state index contributed by atoms with van der Waals surface area (Å²) in [7, 11) is 0. The minimum absolute atomic E-state index is 0.130. The minimum atomic E-state index is -0.517. The second-order valence-electron chi connectivity index (χ2n) is 3.48. The van der Waals surface area contributed by atoms with Crippen LogP contribution in [0.2, 0.25) is 4.34 Å². The molecule has 0 atom stereocenters. The Hall–Kier alpha value is -1.83. The van der Waals surface area contributed by atoms with E-state index in [1.807, 2.05) is 30.3 Å². The molecule has 2 aromatic rings. The topological polar surface area (TPSA) is 39.2 Å². The van der Waals surface area contributed by atoms with Gasteiger partial charge < -0.3 is 4.74 Å². The van der Waals surface area contributed by atoms with Gasteiger partial charge in [-0.25, -0.2) is 9.78 Å². The second-order valence-corrected chi connectivity index (χ2v) is 5.08. The van der Waals surface area contributed by atoms with Crippen molar-refractivity contribution in [3.8, 4) is 11.8 Å². The highest BCUT2D eigenvalue weighted by Crippen LogP contribution is 2.24. The molecule has 96 valence electrons. The van der Waals surface area contributed by atoms with Gasteiger partial charge in [-0.1, -0.05) is 47.1 Å². The van der Waals surface area contributed by atoms with Crippen molar-refractivity contribution in [2.24, 2.45) is 0 Å². The largest absolute Gasteiger partial charge is 0.461 e. The van der Waals surface area contributed by atoms with Crippen molar-refractivity contribution in [2.75, 3.05) is 6.61 Å². The van der Waals surface area contributed by atoms with Crippen LogP contribution in [-0.4, -0.2) is 17.6 Å². The average molecular weight is 292 g/mol. The van der Waals surface area contributed by atoms with Gasteiger partial charge in [-0.05, 0) is 25.0 Å². The van der Waals surface area contributed by atoms with Gasteiger partial charge in [-0.3, -0.25) is 0 Å². The van der Waals surface area contributed by atoms with Crippen molar-refractivity contribution < 1.29 is 9.53 Å². The number of rotatable bonds is 2. The van der Waals surface area contributed by atoms with Crippen molar-refractivity contribution in [3.05, 3.63) is 50.9 Å². The van der Waals surface area contributed by atoms with Gasteiger partial charge in [0.25, 0.3) is 0 Å². The number of carbonyl (C=O) groups excluding carboxylic acids is 1. The third-order valence-electron chi connectivity index (χ3n) is 2.14. The van der Waals surface area contributed by atoms with E-state index in [0.29, 0.717) is 9.34 Å². The molecule has 3 nitrogen and oxygen atoms in total. The fourth-order valence-electron chi connectivity index (χ4n) is 1.33. The maximum absolute atomic E-state index is 11.5. The van der Waals surface area contributed by atoms with Crippen LogP contribution in [0.25, 0.3) is 0 Å². The Morgan fingerprint density at radius 1 is 1.37 bits per heavy atom. The zero-order chi connectivity index (χ0) is 13.7. The van der Waals surface area contributed by atoms with Gasteiger partial charge in [0, 0.05) is 5.56 Å².